The van der Waals surface area contributed by atoms with E-state index in [1.165, 1.54) is 16.5 Å². The summed E-state index contributed by atoms with van der Waals surface area (Å²) < 4.78 is 2.29. The summed E-state index contributed by atoms with van der Waals surface area (Å²) in [5, 5.41) is 10.3. The summed E-state index contributed by atoms with van der Waals surface area (Å²) in [6, 6.07) is 8.72. The van der Waals surface area contributed by atoms with Gasteiger partial charge in [0.25, 0.3) is 0 Å². The minimum Gasteiger partial charge on any atom is -0.361 e. The van der Waals surface area contributed by atoms with Gasteiger partial charge in [0, 0.05) is 57.3 Å². The molecule has 0 unspecified atom stereocenters. The second-order valence-electron chi connectivity index (χ2n) is 8.04. The first kappa shape index (κ1) is 17.4. The molecule has 7 heteroatoms. The van der Waals surface area contributed by atoms with E-state index in [0.717, 1.165) is 63.8 Å². The maximum Gasteiger partial charge on any atom is 0.219 e. The number of benzene rings is 1. The monoisotopic (exact) mass is 378 g/mol. The number of carbonyl (C=O) groups excluding carboxylic acids is 1. The van der Waals surface area contributed by atoms with Gasteiger partial charge in [0.05, 0.1) is 6.54 Å². The van der Waals surface area contributed by atoms with Crippen molar-refractivity contribution in [1.29, 1.82) is 0 Å². The third kappa shape index (κ3) is 3.20. The molecule has 4 heterocycles. The molecule has 0 spiro atoms. The lowest BCUT2D eigenvalue weighted by Crippen LogP contribution is -2.39. The fraction of sp³-hybridized carbons (Fsp3) is 0.476. The zero-order chi connectivity index (χ0) is 19.1. The lowest BCUT2D eigenvalue weighted by atomic mass is 9.97. The van der Waals surface area contributed by atoms with E-state index in [2.05, 4.69) is 48.9 Å². The Morgan fingerprint density at radius 1 is 1.21 bits per heavy atom. The van der Waals surface area contributed by atoms with Gasteiger partial charge in [-0.25, -0.2) is 0 Å². The number of nitrogens with one attached hydrogen (secondary N) is 1. The van der Waals surface area contributed by atoms with Crippen molar-refractivity contribution in [2.24, 2.45) is 0 Å². The highest BCUT2D eigenvalue weighted by molar-refractivity contribution is 5.79. The topological polar surface area (TPSA) is 70.1 Å². The number of H-pyrrole nitrogens is 1. The molecule has 1 saturated heterocycles. The molecule has 1 N–H and O–H groups in total. The molecule has 2 aliphatic rings. The average Bonchev–Trinajstić information content (AvgIpc) is 3.34. The number of fused-ring (bicyclic) bond motifs is 2. The first-order valence-corrected chi connectivity index (χ1v) is 10.1. The van der Waals surface area contributed by atoms with Crippen molar-refractivity contribution >= 4 is 16.8 Å². The Hall–Kier alpha value is -2.67. The van der Waals surface area contributed by atoms with Gasteiger partial charge in [0.1, 0.15) is 11.6 Å². The van der Waals surface area contributed by atoms with Crippen LogP contribution < -0.4 is 0 Å². The van der Waals surface area contributed by atoms with Gasteiger partial charge >= 0.3 is 0 Å². The predicted octanol–water partition coefficient (Wildman–Crippen LogP) is 2.50. The molecule has 0 saturated carbocycles. The van der Waals surface area contributed by atoms with E-state index in [-0.39, 0.29) is 5.91 Å². The number of aromatic nitrogens is 4. The molecule has 1 aromatic carbocycles. The Morgan fingerprint density at radius 3 is 3.04 bits per heavy atom. The summed E-state index contributed by atoms with van der Waals surface area (Å²) in [7, 11) is 0. The van der Waals surface area contributed by atoms with E-state index in [0.29, 0.717) is 5.92 Å². The van der Waals surface area contributed by atoms with Gasteiger partial charge in [0.2, 0.25) is 5.91 Å². The highest BCUT2D eigenvalue weighted by Gasteiger charge is 2.29. The van der Waals surface area contributed by atoms with Crippen LogP contribution in [0.5, 0.6) is 0 Å². The van der Waals surface area contributed by atoms with Crippen LogP contribution in [-0.2, 0) is 24.4 Å². The number of carbonyl (C=O) groups is 1. The van der Waals surface area contributed by atoms with Gasteiger partial charge in [0.15, 0.2) is 0 Å². The molecule has 1 fully saturated rings. The molecule has 0 aliphatic carbocycles. The molecule has 146 valence electrons. The fourth-order valence-electron chi connectivity index (χ4n) is 4.60. The van der Waals surface area contributed by atoms with Crippen molar-refractivity contribution in [1.82, 2.24) is 29.5 Å². The first-order valence-electron chi connectivity index (χ1n) is 10.1. The Kier molecular flexibility index (Phi) is 4.39. The van der Waals surface area contributed by atoms with Crippen LogP contribution in [0.15, 0.2) is 30.5 Å². The fourth-order valence-corrected chi connectivity index (χ4v) is 4.60. The van der Waals surface area contributed by atoms with Crippen LogP contribution in [0.4, 0.5) is 0 Å². The van der Waals surface area contributed by atoms with Crippen molar-refractivity contribution in [2.75, 3.05) is 19.6 Å². The second-order valence-corrected chi connectivity index (χ2v) is 8.04. The highest BCUT2D eigenvalue weighted by Crippen LogP contribution is 2.28. The van der Waals surface area contributed by atoms with Gasteiger partial charge in [-0.1, -0.05) is 6.07 Å². The van der Waals surface area contributed by atoms with Crippen molar-refractivity contribution in [3.63, 3.8) is 0 Å². The number of amides is 1. The molecule has 2 aliphatic heterocycles. The predicted molar refractivity (Wildman–Crippen MR) is 107 cm³/mol. The maximum absolute atomic E-state index is 11.8. The van der Waals surface area contributed by atoms with Crippen LogP contribution in [0, 0.1) is 0 Å². The molecular formula is C21H26N6O. The van der Waals surface area contributed by atoms with Gasteiger partial charge in [-0.05, 0) is 42.0 Å². The summed E-state index contributed by atoms with van der Waals surface area (Å²) in [5.74, 6) is 2.58. The van der Waals surface area contributed by atoms with E-state index in [1.54, 1.807) is 6.92 Å². The van der Waals surface area contributed by atoms with E-state index in [4.69, 9.17) is 0 Å². The van der Waals surface area contributed by atoms with E-state index < -0.39 is 0 Å². The van der Waals surface area contributed by atoms with Crippen LogP contribution in [0.3, 0.4) is 0 Å². The Balaban J connectivity index is 1.29. The third-order valence-electron chi connectivity index (χ3n) is 6.12. The second kappa shape index (κ2) is 7.05. The summed E-state index contributed by atoms with van der Waals surface area (Å²) in [5.41, 5.74) is 2.50. The van der Waals surface area contributed by atoms with E-state index in [9.17, 15) is 4.79 Å². The molecule has 7 nitrogen and oxygen atoms in total. The largest absolute Gasteiger partial charge is 0.361 e. The van der Waals surface area contributed by atoms with Crippen LogP contribution in [0.2, 0.25) is 0 Å². The summed E-state index contributed by atoms with van der Waals surface area (Å²) in [6.07, 6.45) is 4.11. The minimum absolute atomic E-state index is 0.161. The first-order chi connectivity index (χ1) is 13.7. The highest BCUT2D eigenvalue weighted by atomic mass is 16.2. The van der Waals surface area contributed by atoms with Crippen LogP contribution in [0.1, 0.15) is 42.9 Å². The molecule has 2 aromatic heterocycles. The molecule has 28 heavy (non-hydrogen) atoms. The molecule has 0 bridgehead atoms. The van der Waals surface area contributed by atoms with E-state index >= 15 is 0 Å². The van der Waals surface area contributed by atoms with Gasteiger partial charge < -0.3 is 14.5 Å². The van der Waals surface area contributed by atoms with Gasteiger partial charge in [-0.2, -0.15) is 0 Å². The van der Waals surface area contributed by atoms with Crippen molar-refractivity contribution in [3.8, 4) is 0 Å². The number of piperidine rings is 1. The molecule has 1 amide bonds. The number of hydrogen-bond donors (Lipinski definition) is 1. The SMILES string of the molecule is CC(=O)N1CCC[C@H](c2nnc3n2CCN(Cc2ccc4[nH]ccc4c2)C3)C1. The van der Waals surface area contributed by atoms with Crippen LogP contribution in [-0.4, -0.2) is 55.1 Å². The molecule has 3 aromatic rings. The molecule has 1 atom stereocenters. The normalized spacial score (nSPS) is 20.5. The van der Waals surface area contributed by atoms with Crippen LogP contribution in [0.25, 0.3) is 10.9 Å². The third-order valence-corrected chi connectivity index (χ3v) is 6.12. The van der Waals surface area contributed by atoms with Gasteiger partial charge in [-0.15, -0.1) is 10.2 Å². The number of likely N-dealkylation sites (tertiary alicyclic amines) is 1. The number of aromatic amines is 1. The Labute approximate surface area is 164 Å². The number of rotatable bonds is 3. The lowest BCUT2D eigenvalue weighted by Gasteiger charge is -2.33. The van der Waals surface area contributed by atoms with Crippen LogP contribution >= 0.6 is 0 Å². The molecular weight excluding hydrogens is 352 g/mol. The quantitative estimate of drug-likeness (QED) is 0.760. The zero-order valence-electron chi connectivity index (χ0n) is 16.3. The average molecular weight is 378 g/mol. The van der Waals surface area contributed by atoms with Gasteiger partial charge in [-0.3, -0.25) is 9.69 Å². The summed E-state index contributed by atoms with van der Waals surface area (Å²) >= 11 is 0. The lowest BCUT2D eigenvalue weighted by molar-refractivity contribution is -0.130. The zero-order valence-corrected chi connectivity index (χ0v) is 16.3. The number of nitrogens with zero attached hydrogens (tertiary/aromatic N) is 5. The number of hydrogen-bond acceptors (Lipinski definition) is 4. The summed E-state index contributed by atoms with van der Waals surface area (Å²) in [4.78, 5) is 19.4. The minimum atomic E-state index is 0.161. The molecule has 0 radical (unpaired) electrons. The smallest absolute Gasteiger partial charge is 0.219 e. The maximum atomic E-state index is 11.8. The van der Waals surface area contributed by atoms with E-state index in [1.807, 2.05) is 11.1 Å². The standard InChI is InChI=1S/C21H26N6O/c1-15(28)26-8-2-3-18(13-26)21-24-23-20-14-25(9-10-27(20)21)12-16-4-5-19-17(11-16)6-7-22-19/h4-7,11,18,22H,2-3,8-10,12-14H2,1H3/t18-/m0/s1. The Morgan fingerprint density at radius 2 is 2.14 bits per heavy atom. The van der Waals surface area contributed by atoms with Crippen molar-refractivity contribution < 1.29 is 4.79 Å². The Bertz CT molecular complexity index is 1010. The van der Waals surface area contributed by atoms with Crippen molar-refractivity contribution in [3.05, 3.63) is 47.7 Å². The molecule has 5 rings (SSSR count). The summed E-state index contributed by atoms with van der Waals surface area (Å²) in [6.45, 7) is 6.95. The van der Waals surface area contributed by atoms with Crippen molar-refractivity contribution in [2.45, 2.75) is 45.3 Å².